The zero-order valence-electron chi connectivity index (χ0n) is 9.77. The fourth-order valence-corrected chi connectivity index (χ4v) is 1.24. The van der Waals surface area contributed by atoms with Crippen molar-refractivity contribution in [2.24, 2.45) is 0 Å². The zero-order chi connectivity index (χ0) is 13.5. The molecule has 1 aromatic rings. The van der Waals surface area contributed by atoms with E-state index in [1.54, 1.807) is 0 Å². The van der Waals surface area contributed by atoms with Gasteiger partial charge in [0.15, 0.2) is 12.4 Å². The normalized spacial score (nSPS) is 11.2. The molecule has 1 amide bonds. The summed E-state index contributed by atoms with van der Waals surface area (Å²) >= 11 is 0. The maximum atomic E-state index is 12.9. The number of hydrogen-bond donors (Lipinski definition) is 1. The first-order valence-electron chi connectivity index (χ1n) is 5.21. The van der Waals surface area contributed by atoms with Gasteiger partial charge in [-0.25, -0.2) is 4.39 Å². The van der Waals surface area contributed by atoms with Gasteiger partial charge in [-0.05, 0) is 25.1 Å². The van der Waals surface area contributed by atoms with Gasteiger partial charge in [0.05, 0.1) is 12.1 Å². The number of amides is 1. The van der Waals surface area contributed by atoms with Crippen LogP contribution in [0, 0.1) is 18.2 Å². The summed E-state index contributed by atoms with van der Waals surface area (Å²) in [5.41, 5.74) is 0.0478. The van der Waals surface area contributed by atoms with Crippen molar-refractivity contribution < 1.29 is 18.7 Å². The number of aldehydes is 1. The van der Waals surface area contributed by atoms with Gasteiger partial charge in [0.25, 0.3) is 5.91 Å². The molecule has 0 saturated heterocycles. The first-order chi connectivity index (χ1) is 8.58. The highest BCUT2D eigenvalue weighted by molar-refractivity contribution is 5.82. The summed E-state index contributed by atoms with van der Waals surface area (Å²) in [6.45, 7) is 1.60. The molecule has 0 spiro atoms. The molecular formula is C13H12FNO3. The minimum atomic E-state index is -0.831. The average molecular weight is 249 g/mol. The average Bonchev–Trinajstić information content (AvgIpc) is 2.37. The summed E-state index contributed by atoms with van der Waals surface area (Å²) in [4.78, 5) is 22.2. The van der Waals surface area contributed by atoms with E-state index < -0.39 is 17.8 Å². The van der Waals surface area contributed by atoms with E-state index in [0.717, 1.165) is 12.1 Å². The van der Waals surface area contributed by atoms with Crippen LogP contribution in [-0.4, -0.2) is 24.8 Å². The molecule has 0 aromatic heterocycles. The maximum Gasteiger partial charge on any atom is 0.261 e. The number of carbonyl (C=O) groups is 2. The van der Waals surface area contributed by atoms with Gasteiger partial charge in [-0.1, -0.05) is 5.92 Å². The molecule has 1 rings (SSSR count). The van der Waals surface area contributed by atoms with Crippen molar-refractivity contribution in [1.82, 2.24) is 5.32 Å². The molecule has 0 bridgehead atoms. The Bertz CT molecular complexity index is 493. The largest absolute Gasteiger partial charge is 0.480 e. The highest BCUT2D eigenvalue weighted by Crippen LogP contribution is 2.19. The number of hydrogen-bond acceptors (Lipinski definition) is 3. The Labute approximate surface area is 104 Å². The van der Waals surface area contributed by atoms with Crippen molar-refractivity contribution in [2.75, 3.05) is 6.54 Å². The fraction of sp³-hybridized carbons (Fsp3) is 0.231. The van der Waals surface area contributed by atoms with Crippen LogP contribution in [-0.2, 0) is 4.79 Å². The lowest BCUT2D eigenvalue weighted by molar-refractivity contribution is -0.127. The number of halogens is 1. The molecular weight excluding hydrogens is 237 g/mol. The van der Waals surface area contributed by atoms with Crippen LogP contribution in [0.4, 0.5) is 4.39 Å². The second-order valence-corrected chi connectivity index (χ2v) is 3.48. The first kappa shape index (κ1) is 13.7. The summed E-state index contributed by atoms with van der Waals surface area (Å²) in [6, 6.07) is 3.48. The van der Waals surface area contributed by atoms with Gasteiger partial charge in [-0.2, -0.15) is 0 Å². The Hall–Kier alpha value is -2.35. The van der Waals surface area contributed by atoms with E-state index in [1.165, 1.54) is 13.0 Å². The summed E-state index contributed by atoms with van der Waals surface area (Å²) in [5, 5.41) is 2.44. The topological polar surface area (TPSA) is 55.4 Å². The predicted octanol–water partition coefficient (Wildman–Crippen LogP) is 1.15. The van der Waals surface area contributed by atoms with Crippen LogP contribution in [0.1, 0.15) is 17.3 Å². The van der Waals surface area contributed by atoms with Crippen LogP contribution in [0.3, 0.4) is 0 Å². The summed E-state index contributed by atoms with van der Waals surface area (Å²) in [6.07, 6.45) is 4.63. The number of ether oxygens (including phenoxy) is 1. The predicted molar refractivity (Wildman–Crippen MR) is 63.7 cm³/mol. The Kier molecular flexibility index (Phi) is 4.88. The molecule has 1 unspecified atom stereocenters. The van der Waals surface area contributed by atoms with Crippen molar-refractivity contribution in [3.8, 4) is 18.1 Å². The van der Waals surface area contributed by atoms with Crippen molar-refractivity contribution in [3.05, 3.63) is 29.6 Å². The minimum absolute atomic E-state index is 0.0478. The molecule has 94 valence electrons. The molecule has 1 aromatic carbocycles. The van der Waals surface area contributed by atoms with Crippen LogP contribution < -0.4 is 10.1 Å². The SMILES string of the molecule is C#CCNC(=O)C(C)Oc1ccc(F)cc1C=O. The van der Waals surface area contributed by atoms with Crippen LogP contribution >= 0.6 is 0 Å². The van der Waals surface area contributed by atoms with Crippen LogP contribution in [0.15, 0.2) is 18.2 Å². The molecule has 18 heavy (non-hydrogen) atoms. The van der Waals surface area contributed by atoms with E-state index >= 15 is 0 Å². The third-order valence-corrected chi connectivity index (χ3v) is 2.14. The highest BCUT2D eigenvalue weighted by atomic mass is 19.1. The number of nitrogens with one attached hydrogen (secondary N) is 1. The summed E-state index contributed by atoms with van der Waals surface area (Å²) in [5.74, 6) is 1.45. The standard InChI is InChI=1S/C13H12FNO3/c1-3-6-15-13(17)9(2)18-12-5-4-11(14)7-10(12)8-16/h1,4-5,7-9H,6H2,2H3,(H,15,17). The van der Waals surface area contributed by atoms with E-state index in [0.29, 0.717) is 6.29 Å². The lowest BCUT2D eigenvalue weighted by Crippen LogP contribution is -2.36. The fourth-order valence-electron chi connectivity index (χ4n) is 1.24. The zero-order valence-corrected chi connectivity index (χ0v) is 9.77. The van der Waals surface area contributed by atoms with Crippen molar-refractivity contribution in [2.45, 2.75) is 13.0 Å². The molecule has 0 aliphatic heterocycles. The van der Waals surface area contributed by atoms with E-state index in [1.807, 2.05) is 0 Å². The van der Waals surface area contributed by atoms with Gasteiger partial charge in [-0.15, -0.1) is 6.42 Å². The molecule has 1 atom stereocenters. The van der Waals surface area contributed by atoms with Gasteiger partial charge in [0.2, 0.25) is 0 Å². The third kappa shape index (κ3) is 3.59. The highest BCUT2D eigenvalue weighted by Gasteiger charge is 2.15. The Balaban J connectivity index is 2.75. The molecule has 0 saturated carbocycles. The van der Waals surface area contributed by atoms with E-state index in [4.69, 9.17) is 11.2 Å². The molecule has 4 nitrogen and oxygen atoms in total. The minimum Gasteiger partial charge on any atom is -0.480 e. The van der Waals surface area contributed by atoms with Crippen LogP contribution in [0.2, 0.25) is 0 Å². The van der Waals surface area contributed by atoms with Crippen molar-refractivity contribution >= 4 is 12.2 Å². The van der Waals surface area contributed by atoms with Crippen LogP contribution in [0.25, 0.3) is 0 Å². The second kappa shape index (κ2) is 6.40. The number of rotatable bonds is 5. The van der Waals surface area contributed by atoms with Gasteiger partial charge in [0.1, 0.15) is 11.6 Å². The summed E-state index contributed by atoms with van der Waals surface area (Å²) < 4.78 is 18.2. The molecule has 0 aliphatic carbocycles. The molecule has 0 radical (unpaired) electrons. The van der Waals surface area contributed by atoms with Gasteiger partial charge < -0.3 is 10.1 Å². The maximum absolute atomic E-state index is 12.9. The van der Waals surface area contributed by atoms with E-state index in [-0.39, 0.29) is 17.9 Å². The quantitative estimate of drug-likeness (QED) is 0.629. The van der Waals surface area contributed by atoms with Gasteiger partial charge in [0, 0.05) is 0 Å². The monoisotopic (exact) mass is 249 g/mol. The lowest BCUT2D eigenvalue weighted by atomic mass is 10.2. The second-order valence-electron chi connectivity index (χ2n) is 3.48. The smallest absolute Gasteiger partial charge is 0.261 e. The van der Waals surface area contributed by atoms with Crippen molar-refractivity contribution in [3.63, 3.8) is 0 Å². The van der Waals surface area contributed by atoms with Gasteiger partial charge >= 0.3 is 0 Å². The number of benzene rings is 1. The first-order valence-corrected chi connectivity index (χ1v) is 5.21. The Morgan fingerprint density at radius 2 is 2.39 bits per heavy atom. The molecule has 0 fully saturated rings. The molecule has 0 aliphatic rings. The Morgan fingerprint density at radius 3 is 3.00 bits per heavy atom. The Morgan fingerprint density at radius 1 is 1.67 bits per heavy atom. The lowest BCUT2D eigenvalue weighted by Gasteiger charge is -2.15. The third-order valence-electron chi connectivity index (χ3n) is 2.14. The molecule has 5 heteroatoms. The van der Waals surface area contributed by atoms with Crippen molar-refractivity contribution in [1.29, 1.82) is 0 Å². The van der Waals surface area contributed by atoms with Crippen LogP contribution in [0.5, 0.6) is 5.75 Å². The van der Waals surface area contributed by atoms with E-state index in [9.17, 15) is 14.0 Å². The summed E-state index contributed by atoms with van der Waals surface area (Å²) in [7, 11) is 0. The molecule has 1 N–H and O–H groups in total. The molecule has 0 heterocycles. The number of carbonyl (C=O) groups excluding carboxylic acids is 2. The van der Waals surface area contributed by atoms with Gasteiger partial charge in [-0.3, -0.25) is 9.59 Å². The van der Waals surface area contributed by atoms with E-state index in [2.05, 4.69) is 11.2 Å². The number of terminal acetylenes is 1.